The zero-order valence-electron chi connectivity index (χ0n) is 11.3. The molecule has 5 heteroatoms. The van der Waals surface area contributed by atoms with Gasteiger partial charge in [-0.2, -0.15) is 0 Å². The SMILES string of the molecule is CC(C)(C)S(=O)NC(/C=C/c1ccccc1)C(=O)O. The lowest BCUT2D eigenvalue weighted by molar-refractivity contribution is -0.137. The monoisotopic (exact) mass is 281 g/mol. The lowest BCUT2D eigenvalue weighted by Gasteiger charge is -2.20. The van der Waals surface area contributed by atoms with Crippen molar-refractivity contribution in [1.82, 2.24) is 4.72 Å². The van der Waals surface area contributed by atoms with Crippen LogP contribution in [0.4, 0.5) is 0 Å². The first-order valence-corrected chi connectivity index (χ1v) is 7.10. The average Bonchev–Trinajstić information content (AvgIpc) is 2.33. The molecule has 0 heterocycles. The van der Waals surface area contributed by atoms with E-state index in [-0.39, 0.29) is 0 Å². The van der Waals surface area contributed by atoms with E-state index in [1.54, 1.807) is 26.8 Å². The quantitative estimate of drug-likeness (QED) is 0.869. The van der Waals surface area contributed by atoms with E-state index in [1.165, 1.54) is 6.08 Å². The highest BCUT2D eigenvalue weighted by molar-refractivity contribution is 7.84. The number of carboxylic acids is 1. The number of carboxylic acid groups (broad SMARTS) is 1. The van der Waals surface area contributed by atoms with Gasteiger partial charge < -0.3 is 5.11 Å². The fraction of sp³-hybridized carbons (Fsp3) is 0.357. The van der Waals surface area contributed by atoms with E-state index in [0.717, 1.165) is 5.56 Å². The van der Waals surface area contributed by atoms with Crippen molar-refractivity contribution < 1.29 is 14.1 Å². The highest BCUT2D eigenvalue weighted by atomic mass is 32.2. The minimum atomic E-state index is -1.43. The minimum Gasteiger partial charge on any atom is -0.480 e. The fourth-order valence-electron chi connectivity index (χ4n) is 1.24. The second-order valence-corrected chi connectivity index (χ2v) is 7.08. The van der Waals surface area contributed by atoms with Crippen LogP contribution in [0, 0.1) is 0 Å². The van der Waals surface area contributed by atoms with Crippen LogP contribution in [0.15, 0.2) is 36.4 Å². The maximum absolute atomic E-state index is 11.9. The van der Waals surface area contributed by atoms with Crippen molar-refractivity contribution in [3.05, 3.63) is 42.0 Å². The molecule has 2 unspecified atom stereocenters. The predicted molar refractivity (Wildman–Crippen MR) is 77.9 cm³/mol. The normalized spacial score (nSPS) is 15.3. The van der Waals surface area contributed by atoms with E-state index in [4.69, 9.17) is 5.11 Å². The van der Waals surface area contributed by atoms with Crippen molar-refractivity contribution in [1.29, 1.82) is 0 Å². The Morgan fingerprint density at radius 3 is 2.37 bits per heavy atom. The Bertz CT molecular complexity index is 477. The van der Waals surface area contributed by atoms with Crippen LogP contribution in [0.25, 0.3) is 6.08 Å². The summed E-state index contributed by atoms with van der Waals surface area (Å²) in [5, 5.41) is 9.12. The Hall–Kier alpha value is -1.46. The van der Waals surface area contributed by atoms with Crippen LogP contribution in [0.2, 0.25) is 0 Å². The van der Waals surface area contributed by atoms with Gasteiger partial charge in [-0.05, 0) is 26.3 Å². The molecule has 0 aromatic heterocycles. The largest absolute Gasteiger partial charge is 0.480 e. The maximum Gasteiger partial charge on any atom is 0.325 e. The lowest BCUT2D eigenvalue weighted by Crippen LogP contribution is -2.42. The molecule has 0 radical (unpaired) electrons. The van der Waals surface area contributed by atoms with Crippen LogP contribution in [0.3, 0.4) is 0 Å². The summed E-state index contributed by atoms with van der Waals surface area (Å²) < 4.78 is 14.0. The van der Waals surface area contributed by atoms with Crippen molar-refractivity contribution in [2.24, 2.45) is 0 Å². The summed E-state index contributed by atoms with van der Waals surface area (Å²) >= 11 is 0. The average molecular weight is 281 g/mol. The van der Waals surface area contributed by atoms with Crippen LogP contribution in [0.1, 0.15) is 26.3 Å². The number of aliphatic carboxylic acids is 1. The van der Waals surface area contributed by atoms with Gasteiger partial charge in [-0.25, -0.2) is 8.93 Å². The van der Waals surface area contributed by atoms with E-state index in [1.807, 2.05) is 30.3 Å². The first kappa shape index (κ1) is 15.6. The molecule has 0 aliphatic carbocycles. The lowest BCUT2D eigenvalue weighted by atomic mass is 10.2. The fourth-order valence-corrected chi connectivity index (χ4v) is 2.00. The molecule has 104 valence electrons. The summed E-state index contributed by atoms with van der Waals surface area (Å²) in [5.74, 6) is -1.05. The van der Waals surface area contributed by atoms with Crippen molar-refractivity contribution in [2.45, 2.75) is 31.6 Å². The van der Waals surface area contributed by atoms with Gasteiger partial charge >= 0.3 is 5.97 Å². The van der Waals surface area contributed by atoms with Gasteiger partial charge in [0.25, 0.3) is 0 Å². The van der Waals surface area contributed by atoms with Gasteiger partial charge in [0.2, 0.25) is 0 Å². The van der Waals surface area contributed by atoms with Gasteiger partial charge in [0.15, 0.2) is 0 Å². The highest BCUT2D eigenvalue weighted by Crippen LogP contribution is 2.10. The first-order chi connectivity index (χ1) is 8.80. The zero-order chi connectivity index (χ0) is 14.5. The first-order valence-electron chi connectivity index (χ1n) is 5.95. The van der Waals surface area contributed by atoms with Crippen LogP contribution in [0.5, 0.6) is 0 Å². The number of hydrogen-bond donors (Lipinski definition) is 2. The standard InChI is InChI=1S/C14H19NO3S/c1-14(2,3)19(18)15-12(13(16)17)10-9-11-7-5-4-6-8-11/h4-10,12,15H,1-3H3,(H,16,17)/b10-9+. The molecule has 0 saturated carbocycles. The smallest absolute Gasteiger partial charge is 0.325 e. The van der Waals surface area contributed by atoms with E-state index in [0.29, 0.717) is 0 Å². The topological polar surface area (TPSA) is 66.4 Å². The van der Waals surface area contributed by atoms with Gasteiger partial charge in [-0.1, -0.05) is 42.5 Å². The number of nitrogens with one attached hydrogen (secondary N) is 1. The van der Waals surface area contributed by atoms with Gasteiger partial charge in [-0.15, -0.1) is 0 Å². The summed E-state index contributed by atoms with van der Waals surface area (Å²) in [6.45, 7) is 5.36. The van der Waals surface area contributed by atoms with Gasteiger partial charge in [-0.3, -0.25) is 4.79 Å². The Morgan fingerprint density at radius 1 is 1.32 bits per heavy atom. The van der Waals surface area contributed by atoms with Crippen molar-refractivity contribution in [3.8, 4) is 0 Å². The second kappa shape index (κ2) is 6.63. The summed E-state index contributed by atoms with van der Waals surface area (Å²) in [4.78, 5) is 11.1. The molecular weight excluding hydrogens is 262 g/mol. The van der Waals surface area contributed by atoms with E-state index in [2.05, 4.69) is 4.72 Å². The summed E-state index contributed by atoms with van der Waals surface area (Å²) in [5.41, 5.74) is 0.900. The Morgan fingerprint density at radius 2 is 1.89 bits per heavy atom. The summed E-state index contributed by atoms with van der Waals surface area (Å²) in [6.07, 6.45) is 3.20. The predicted octanol–water partition coefficient (Wildman–Crippen LogP) is 2.20. The maximum atomic E-state index is 11.9. The van der Waals surface area contributed by atoms with Crippen LogP contribution < -0.4 is 4.72 Å². The molecule has 0 spiro atoms. The Balaban J connectivity index is 2.77. The number of carbonyl (C=O) groups is 1. The van der Waals surface area contributed by atoms with Gasteiger partial charge in [0, 0.05) is 0 Å². The summed E-state index contributed by atoms with van der Waals surface area (Å²) in [7, 11) is -1.43. The third-order valence-electron chi connectivity index (χ3n) is 2.34. The minimum absolute atomic E-state index is 0.506. The molecular formula is C14H19NO3S. The van der Waals surface area contributed by atoms with E-state index in [9.17, 15) is 9.00 Å². The molecule has 2 atom stereocenters. The number of hydrogen-bond acceptors (Lipinski definition) is 2. The number of rotatable bonds is 5. The van der Waals surface area contributed by atoms with Crippen LogP contribution in [-0.2, 0) is 15.8 Å². The Kier molecular flexibility index (Phi) is 5.44. The molecule has 0 saturated heterocycles. The molecule has 0 aliphatic rings. The van der Waals surface area contributed by atoms with Gasteiger partial charge in [0.05, 0.1) is 15.7 Å². The molecule has 19 heavy (non-hydrogen) atoms. The van der Waals surface area contributed by atoms with E-state index >= 15 is 0 Å². The van der Waals surface area contributed by atoms with Crippen LogP contribution in [-0.4, -0.2) is 26.1 Å². The van der Waals surface area contributed by atoms with Crippen molar-refractivity contribution >= 4 is 23.0 Å². The van der Waals surface area contributed by atoms with E-state index < -0.39 is 27.7 Å². The molecule has 2 N–H and O–H groups in total. The molecule has 1 aromatic rings. The third-order valence-corrected chi connectivity index (χ3v) is 3.92. The van der Waals surface area contributed by atoms with Gasteiger partial charge in [0.1, 0.15) is 6.04 Å². The van der Waals surface area contributed by atoms with Crippen molar-refractivity contribution in [3.63, 3.8) is 0 Å². The molecule has 1 aromatic carbocycles. The molecule has 4 nitrogen and oxygen atoms in total. The molecule has 0 bridgehead atoms. The third kappa shape index (κ3) is 5.36. The second-order valence-electron chi connectivity index (χ2n) is 5.08. The zero-order valence-corrected chi connectivity index (χ0v) is 12.1. The molecule has 0 amide bonds. The molecule has 0 fully saturated rings. The number of benzene rings is 1. The molecule has 0 aliphatic heterocycles. The Labute approximate surface area is 116 Å². The van der Waals surface area contributed by atoms with Crippen molar-refractivity contribution in [2.75, 3.05) is 0 Å². The summed E-state index contributed by atoms with van der Waals surface area (Å²) in [6, 6.07) is 8.40. The molecule has 1 rings (SSSR count). The highest BCUT2D eigenvalue weighted by Gasteiger charge is 2.24. The van der Waals surface area contributed by atoms with Crippen LogP contribution >= 0.6 is 0 Å².